The first-order chi connectivity index (χ1) is 7.52. The molecule has 3 atom stereocenters. The third kappa shape index (κ3) is 1.37. The fraction of sp³-hybridized carbons (Fsp3) is 1.00. The van der Waals surface area contributed by atoms with Crippen LogP contribution < -0.4 is 11.5 Å². The SMILES string of the molecule is NCC1(N)C2CC3CC(C2)C[C]1([Pt]([Cl])[Cl])C3. The van der Waals surface area contributed by atoms with Crippen molar-refractivity contribution in [3.05, 3.63) is 0 Å². The second-order valence-electron chi connectivity index (χ2n) is 5.86. The molecule has 4 aliphatic carbocycles. The molecule has 3 unspecified atom stereocenters. The minimum absolute atomic E-state index is 0.0459. The summed E-state index contributed by atoms with van der Waals surface area (Å²) in [5, 5.41) is 0. The molecule has 4 fully saturated rings. The second-order valence-corrected chi connectivity index (χ2v) is 14.1. The maximum atomic E-state index is 6.67. The van der Waals surface area contributed by atoms with Crippen LogP contribution in [0.5, 0.6) is 0 Å². The van der Waals surface area contributed by atoms with Gasteiger partial charge in [0.25, 0.3) is 0 Å². The van der Waals surface area contributed by atoms with E-state index in [1.807, 2.05) is 0 Å². The van der Waals surface area contributed by atoms with Crippen molar-refractivity contribution in [2.75, 3.05) is 6.54 Å². The van der Waals surface area contributed by atoms with Gasteiger partial charge in [-0.15, -0.1) is 0 Å². The van der Waals surface area contributed by atoms with Crippen LogP contribution in [-0.4, -0.2) is 12.1 Å². The molecule has 5 heteroatoms. The minimum atomic E-state index is -1.98. The Hall–Kier alpha value is 1.19. The van der Waals surface area contributed by atoms with E-state index in [9.17, 15) is 0 Å². The molecule has 0 radical (unpaired) electrons. The number of hydrogen-bond donors (Lipinski definition) is 2. The first kappa shape index (κ1) is 12.2. The van der Waals surface area contributed by atoms with Crippen LogP contribution >= 0.6 is 18.8 Å². The third-order valence-electron chi connectivity index (χ3n) is 5.20. The van der Waals surface area contributed by atoms with Crippen LogP contribution in [0.4, 0.5) is 0 Å². The molecule has 4 N–H and O–H groups in total. The zero-order valence-corrected chi connectivity index (χ0v) is 13.0. The number of hydrogen-bond acceptors (Lipinski definition) is 2. The molecule has 0 aromatic carbocycles. The zero-order valence-electron chi connectivity index (χ0n) is 9.20. The summed E-state index contributed by atoms with van der Waals surface area (Å²) in [7, 11) is 12.9. The monoisotopic (exact) mass is 444 g/mol. The van der Waals surface area contributed by atoms with Gasteiger partial charge in [0.15, 0.2) is 0 Å². The normalized spacial score (nSPS) is 55.5. The zero-order chi connectivity index (χ0) is 11.6. The van der Waals surface area contributed by atoms with Crippen molar-refractivity contribution in [3.8, 4) is 0 Å². The van der Waals surface area contributed by atoms with Crippen molar-refractivity contribution in [3.63, 3.8) is 0 Å². The first-order valence-corrected chi connectivity index (χ1v) is 12.7. The summed E-state index contributed by atoms with van der Waals surface area (Å²) in [4.78, 5) is 0. The van der Waals surface area contributed by atoms with E-state index in [0.717, 1.165) is 24.7 Å². The standard InChI is InChI=1S/C11H19N2.2ClH.Pt/c12-6-11(13)9-2-7-1-8(4-9)5-10(11)3-7;;;/h7-9H,1-6,12-13H2;2*1H;/q;;;+2/p-2. The van der Waals surface area contributed by atoms with Crippen molar-refractivity contribution in [2.45, 2.75) is 41.4 Å². The maximum absolute atomic E-state index is 6.67. The second kappa shape index (κ2) is 3.84. The predicted octanol–water partition coefficient (Wildman–Crippen LogP) is 2.57. The molecule has 0 heterocycles. The Bertz CT molecular complexity index is 298. The molecule has 2 nitrogen and oxygen atoms in total. The van der Waals surface area contributed by atoms with Gasteiger partial charge in [-0.05, 0) is 0 Å². The quantitative estimate of drug-likeness (QED) is 0.687. The van der Waals surface area contributed by atoms with Gasteiger partial charge in [0.05, 0.1) is 0 Å². The predicted molar refractivity (Wildman–Crippen MR) is 63.9 cm³/mol. The van der Waals surface area contributed by atoms with Crippen molar-refractivity contribution in [1.82, 2.24) is 0 Å². The van der Waals surface area contributed by atoms with Crippen LogP contribution in [0.2, 0.25) is 3.80 Å². The van der Waals surface area contributed by atoms with E-state index < -0.39 is 15.2 Å². The molecule has 0 aliphatic heterocycles. The molecule has 4 rings (SSSR count). The summed E-state index contributed by atoms with van der Waals surface area (Å²) < 4.78 is 0.0459. The van der Waals surface area contributed by atoms with Crippen LogP contribution in [0.15, 0.2) is 0 Å². The van der Waals surface area contributed by atoms with E-state index in [1.165, 1.54) is 19.3 Å². The van der Waals surface area contributed by atoms with E-state index in [0.29, 0.717) is 12.5 Å². The number of rotatable bonds is 2. The summed E-state index contributed by atoms with van der Waals surface area (Å²) >= 11 is -1.98. The number of halogens is 2. The van der Waals surface area contributed by atoms with Crippen LogP contribution in [0.25, 0.3) is 0 Å². The molecular weight excluding hydrogens is 426 g/mol. The van der Waals surface area contributed by atoms with Gasteiger partial charge in [0.2, 0.25) is 0 Å². The summed E-state index contributed by atoms with van der Waals surface area (Å²) in [6.45, 7) is 0.560. The fourth-order valence-electron chi connectivity index (χ4n) is 4.57. The van der Waals surface area contributed by atoms with Gasteiger partial charge in [-0.25, -0.2) is 0 Å². The van der Waals surface area contributed by atoms with Crippen LogP contribution in [0.1, 0.15) is 32.1 Å². The van der Waals surface area contributed by atoms with Gasteiger partial charge in [-0.2, -0.15) is 0 Å². The van der Waals surface area contributed by atoms with Gasteiger partial charge in [-0.3, -0.25) is 0 Å². The average molecular weight is 445 g/mol. The molecule has 4 bridgehead atoms. The molecule has 0 amide bonds. The Morgan fingerprint density at radius 3 is 2.12 bits per heavy atom. The van der Waals surface area contributed by atoms with Crippen molar-refractivity contribution >= 4 is 18.8 Å². The fourth-order valence-corrected chi connectivity index (χ4v) is 11.5. The first-order valence-electron chi connectivity index (χ1n) is 5.96. The van der Waals surface area contributed by atoms with Crippen molar-refractivity contribution in [2.24, 2.45) is 29.2 Å². The van der Waals surface area contributed by atoms with E-state index in [-0.39, 0.29) is 9.34 Å². The van der Waals surface area contributed by atoms with Crippen molar-refractivity contribution < 1.29 is 15.2 Å². The summed E-state index contributed by atoms with van der Waals surface area (Å²) in [6.07, 6.45) is 6.24. The molecule has 0 spiro atoms. The van der Waals surface area contributed by atoms with E-state index >= 15 is 0 Å². The molecule has 4 saturated carbocycles. The number of nitrogens with two attached hydrogens (primary N) is 2. The van der Waals surface area contributed by atoms with Gasteiger partial charge in [0, 0.05) is 0 Å². The molecule has 0 saturated heterocycles. The van der Waals surface area contributed by atoms with Crippen molar-refractivity contribution in [1.29, 1.82) is 0 Å². The third-order valence-corrected chi connectivity index (χ3v) is 12.6. The van der Waals surface area contributed by atoms with Gasteiger partial charge in [0.1, 0.15) is 0 Å². The summed E-state index contributed by atoms with van der Waals surface area (Å²) in [6, 6.07) is 0. The molecule has 97 valence electrons. The molecule has 0 aromatic rings. The van der Waals surface area contributed by atoms with Gasteiger partial charge in [-0.1, -0.05) is 0 Å². The molecule has 16 heavy (non-hydrogen) atoms. The Kier molecular flexibility index (Phi) is 2.94. The Labute approximate surface area is 111 Å². The molecular formula is C11H19Cl2N2Pt. The van der Waals surface area contributed by atoms with Crippen LogP contribution in [-0.2, 0) is 15.2 Å². The van der Waals surface area contributed by atoms with Gasteiger partial charge < -0.3 is 0 Å². The average Bonchev–Trinajstić information content (AvgIpc) is 2.24. The van der Waals surface area contributed by atoms with Crippen LogP contribution in [0, 0.1) is 17.8 Å². The summed E-state index contributed by atoms with van der Waals surface area (Å²) in [5.74, 6) is 2.25. The molecule has 4 aliphatic rings. The topological polar surface area (TPSA) is 52.0 Å². The van der Waals surface area contributed by atoms with Gasteiger partial charge >= 0.3 is 111 Å². The van der Waals surface area contributed by atoms with E-state index in [4.69, 9.17) is 30.3 Å². The molecule has 0 aromatic heterocycles. The summed E-state index contributed by atoms with van der Waals surface area (Å²) in [5.41, 5.74) is 12.4. The Morgan fingerprint density at radius 2 is 1.69 bits per heavy atom. The van der Waals surface area contributed by atoms with E-state index in [1.54, 1.807) is 0 Å². The van der Waals surface area contributed by atoms with E-state index in [2.05, 4.69) is 0 Å². The Balaban J connectivity index is 2.05. The Morgan fingerprint density at radius 1 is 1.12 bits per heavy atom. The van der Waals surface area contributed by atoms with Crippen LogP contribution in [0.3, 0.4) is 0 Å².